The highest BCUT2D eigenvalue weighted by Crippen LogP contribution is 2.29. The van der Waals surface area contributed by atoms with Crippen LogP contribution >= 0.6 is 0 Å². The molecule has 2 nitrogen and oxygen atoms in total. The van der Waals surface area contributed by atoms with Crippen LogP contribution in [0.25, 0.3) is 0 Å². The van der Waals surface area contributed by atoms with Crippen molar-refractivity contribution in [2.75, 3.05) is 6.54 Å². The molecule has 0 aliphatic carbocycles. The fourth-order valence-electron chi connectivity index (χ4n) is 2.83. The molecule has 0 aromatic heterocycles. The van der Waals surface area contributed by atoms with E-state index < -0.39 is 17.6 Å². The van der Waals surface area contributed by atoms with Crippen LogP contribution in [0, 0.1) is 0 Å². The van der Waals surface area contributed by atoms with Gasteiger partial charge >= 0.3 is 12.1 Å². The number of nitrogens with zero attached hydrogens (tertiary/aromatic N) is 1. The second kappa shape index (κ2) is 9.64. The smallest absolute Gasteiger partial charge is 0.326 e. The minimum absolute atomic E-state index is 0.0929. The van der Waals surface area contributed by atoms with Crippen LogP contribution in [0.3, 0.4) is 0 Å². The molecule has 0 bridgehead atoms. The van der Waals surface area contributed by atoms with E-state index in [0.29, 0.717) is 19.3 Å². The molecule has 0 saturated carbocycles. The second-order valence-electron chi connectivity index (χ2n) is 6.56. The number of carbonyl (C=O) groups is 1. The van der Waals surface area contributed by atoms with Crippen LogP contribution in [0.4, 0.5) is 13.2 Å². The van der Waals surface area contributed by atoms with Crippen LogP contribution in [0.15, 0.2) is 43.0 Å². The van der Waals surface area contributed by atoms with Crippen LogP contribution in [0.2, 0.25) is 0 Å². The molecule has 1 aromatic carbocycles. The number of aryl methyl sites for hydroxylation is 1. The lowest BCUT2D eigenvalue weighted by molar-refractivity contribution is -0.190. The predicted octanol–water partition coefficient (Wildman–Crippen LogP) is 5.54. The lowest BCUT2D eigenvalue weighted by Gasteiger charge is -2.40. The van der Waals surface area contributed by atoms with Gasteiger partial charge < -0.3 is 4.90 Å². The van der Waals surface area contributed by atoms with Gasteiger partial charge in [-0.25, -0.2) is 0 Å². The Morgan fingerprint density at radius 3 is 2.32 bits per heavy atom. The highest BCUT2D eigenvalue weighted by molar-refractivity contribution is 5.82. The van der Waals surface area contributed by atoms with E-state index in [1.807, 2.05) is 37.3 Å². The summed E-state index contributed by atoms with van der Waals surface area (Å²) < 4.78 is 39.2. The molecule has 0 radical (unpaired) electrons. The summed E-state index contributed by atoms with van der Waals surface area (Å²) in [6.07, 6.45) is 0.883. The monoisotopic (exact) mass is 355 g/mol. The van der Waals surface area contributed by atoms with E-state index in [1.54, 1.807) is 6.92 Å². The van der Waals surface area contributed by atoms with Crippen molar-refractivity contribution in [2.24, 2.45) is 0 Å². The third-order valence-corrected chi connectivity index (χ3v) is 4.54. The Labute approximate surface area is 148 Å². The summed E-state index contributed by atoms with van der Waals surface area (Å²) in [4.78, 5) is 13.0. The van der Waals surface area contributed by atoms with Crippen molar-refractivity contribution in [1.29, 1.82) is 0 Å². The van der Waals surface area contributed by atoms with Gasteiger partial charge in [-0.05, 0) is 31.7 Å². The lowest BCUT2D eigenvalue weighted by atomic mass is 9.90. The van der Waals surface area contributed by atoms with Gasteiger partial charge in [0.15, 0.2) is 0 Å². The van der Waals surface area contributed by atoms with Gasteiger partial charge in [0.1, 0.15) is 0 Å². The van der Waals surface area contributed by atoms with Gasteiger partial charge in [0, 0.05) is 6.54 Å². The Morgan fingerprint density at radius 2 is 1.80 bits per heavy atom. The number of hydrogen-bond donors (Lipinski definition) is 0. The fraction of sp³-hybridized carbons (Fsp3) is 0.550. The fourth-order valence-corrected chi connectivity index (χ4v) is 2.83. The van der Waals surface area contributed by atoms with E-state index in [2.05, 4.69) is 6.58 Å². The molecule has 0 heterocycles. The summed E-state index contributed by atoms with van der Waals surface area (Å²) in [5, 5.41) is 0. The molecule has 0 fully saturated rings. The molecule has 1 atom stereocenters. The van der Waals surface area contributed by atoms with Crippen LogP contribution in [0.1, 0.15) is 51.5 Å². The molecule has 0 saturated heterocycles. The molecule has 1 amide bonds. The molecular formula is C20H28F3NO. The number of hydrogen-bond acceptors (Lipinski definition) is 1. The van der Waals surface area contributed by atoms with Gasteiger partial charge in [0.05, 0.1) is 5.54 Å². The van der Waals surface area contributed by atoms with E-state index >= 15 is 0 Å². The number of unbranched alkanes of at least 4 members (excludes halogenated alkanes) is 3. The Hall–Kier alpha value is -1.78. The zero-order valence-corrected chi connectivity index (χ0v) is 15.1. The third-order valence-electron chi connectivity index (χ3n) is 4.54. The summed E-state index contributed by atoms with van der Waals surface area (Å²) in [5.74, 6) is -1.78. The zero-order chi connectivity index (χ0) is 18.9. The number of alkyl halides is 3. The van der Waals surface area contributed by atoms with E-state index in [9.17, 15) is 18.0 Å². The number of rotatable bonds is 10. The molecule has 25 heavy (non-hydrogen) atoms. The first-order valence-corrected chi connectivity index (χ1v) is 8.81. The number of benzene rings is 1. The molecule has 0 unspecified atom stereocenters. The first kappa shape index (κ1) is 21.3. The van der Waals surface area contributed by atoms with Crippen LogP contribution in [0.5, 0.6) is 0 Å². The van der Waals surface area contributed by atoms with E-state index in [4.69, 9.17) is 0 Å². The Morgan fingerprint density at radius 1 is 1.16 bits per heavy atom. The molecule has 0 spiro atoms. The SMILES string of the molecule is C=C[C@@](C)(CCc1ccccc1)N(CCCCCC)C(=O)C(F)(F)F. The van der Waals surface area contributed by atoms with Crippen molar-refractivity contribution in [1.82, 2.24) is 4.90 Å². The Kier molecular flexibility index (Phi) is 8.20. The first-order chi connectivity index (χ1) is 11.7. The van der Waals surface area contributed by atoms with Gasteiger partial charge in [-0.15, -0.1) is 6.58 Å². The first-order valence-electron chi connectivity index (χ1n) is 8.81. The van der Waals surface area contributed by atoms with E-state index in [-0.39, 0.29) is 6.54 Å². The molecule has 5 heteroatoms. The molecule has 0 N–H and O–H groups in total. The largest absolute Gasteiger partial charge is 0.471 e. The van der Waals surface area contributed by atoms with Crippen molar-refractivity contribution in [3.63, 3.8) is 0 Å². The normalized spacial score (nSPS) is 14.0. The number of halogens is 3. The van der Waals surface area contributed by atoms with Crippen molar-refractivity contribution in [2.45, 2.75) is 64.1 Å². The molecule has 140 valence electrons. The quantitative estimate of drug-likeness (QED) is 0.399. The summed E-state index contributed by atoms with van der Waals surface area (Å²) in [5.41, 5.74) is -0.00440. The minimum atomic E-state index is -4.87. The minimum Gasteiger partial charge on any atom is -0.326 e. The van der Waals surface area contributed by atoms with Crippen LogP contribution in [-0.2, 0) is 11.2 Å². The van der Waals surface area contributed by atoms with Crippen molar-refractivity contribution in [3.8, 4) is 0 Å². The van der Waals surface area contributed by atoms with Crippen molar-refractivity contribution < 1.29 is 18.0 Å². The summed E-state index contributed by atoms with van der Waals surface area (Å²) in [6.45, 7) is 7.50. The second-order valence-corrected chi connectivity index (χ2v) is 6.56. The maximum atomic E-state index is 13.1. The third kappa shape index (κ3) is 6.56. The average molecular weight is 355 g/mol. The van der Waals surface area contributed by atoms with Crippen LogP contribution < -0.4 is 0 Å². The molecule has 1 rings (SSSR count). The van der Waals surface area contributed by atoms with E-state index in [0.717, 1.165) is 29.7 Å². The average Bonchev–Trinajstić information content (AvgIpc) is 2.59. The predicted molar refractivity (Wildman–Crippen MR) is 95.3 cm³/mol. The Balaban J connectivity index is 2.92. The maximum absolute atomic E-state index is 13.1. The summed E-state index contributed by atoms with van der Waals surface area (Å²) >= 11 is 0. The summed E-state index contributed by atoms with van der Waals surface area (Å²) in [6, 6.07) is 9.54. The standard InChI is InChI=1S/C20H28F3NO/c1-4-6-7-11-16-24(18(25)20(21,22)23)19(3,5-2)15-14-17-12-9-8-10-13-17/h5,8-10,12-13H,2,4,6-7,11,14-16H2,1,3H3/t19-/m0/s1. The number of amides is 1. The molecule has 0 aliphatic heterocycles. The zero-order valence-electron chi connectivity index (χ0n) is 15.1. The molecule has 1 aromatic rings. The highest BCUT2D eigenvalue weighted by Gasteiger charge is 2.47. The molecular weight excluding hydrogens is 327 g/mol. The van der Waals surface area contributed by atoms with Gasteiger partial charge in [0.25, 0.3) is 0 Å². The van der Waals surface area contributed by atoms with Gasteiger partial charge in [0.2, 0.25) is 0 Å². The van der Waals surface area contributed by atoms with Crippen molar-refractivity contribution in [3.05, 3.63) is 48.6 Å². The van der Waals surface area contributed by atoms with Gasteiger partial charge in [-0.1, -0.05) is 62.6 Å². The maximum Gasteiger partial charge on any atom is 0.471 e. The highest BCUT2D eigenvalue weighted by atomic mass is 19.4. The van der Waals surface area contributed by atoms with Crippen LogP contribution in [-0.4, -0.2) is 29.1 Å². The topological polar surface area (TPSA) is 20.3 Å². The Bertz CT molecular complexity index is 542. The number of carbonyl (C=O) groups excluding carboxylic acids is 1. The van der Waals surface area contributed by atoms with Gasteiger partial charge in [-0.3, -0.25) is 4.79 Å². The van der Waals surface area contributed by atoms with Crippen molar-refractivity contribution >= 4 is 5.91 Å². The summed E-state index contributed by atoms with van der Waals surface area (Å²) in [7, 11) is 0. The molecule has 0 aliphatic rings. The van der Waals surface area contributed by atoms with E-state index in [1.165, 1.54) is 6.08 Å². The van der Waals surface area contributed by atoms with Gasteiger partial charge in [-0.2, -0.15) is 13.2 Å². The lowest BCUT2D eigenvalue weighted by Crippen LogP contribution is -2.53.